The molecule has 66 heavy (non-hydrogen) atoms. The van der Waals surface area contributed by atoms with Gasteiger partial charge in [0, 0.05) is 30.1 Å². The SMILES string of the molecule is CC[C@@H]1O[C@@H]([C@]2(C)C[C@@H](C)[C@](O)([C@]3(C)CC[C@@H]([C@@H](OC(=O)C4CC4)[C@]4(O)O[C@H](C[C@@]5(O)O[C@@H]([C@@H](C)[C@H](O)C[C@H]6CC[C@H](C)[C@@H]([C@@H](C)C(=O)O)O6)CC[C@@H]5C)[C@@H](C)C[C@H]4C)O3)O2)CC[C@@]1(C)O. The second kappa shape index (κ2) is 19.3. The molecule has 6 heterocycles. The van der Waals surface area contributed by atoms with Crippen LogP contribution in [0.2, 0.25) is 0 Å². The lowest BCUT2D eigenvalue weighted by Crippen LogP contribution is -2.64. The first-order valence-corrected chi connectivity index (χ1v) is 25.7. The third-order valence-electron chi connectivity index (χ3n) is 18.1. The van der Waals surface area contributed by atoms with Crippen molar-refractivity contribution in [1.82, 2.24) is 0 Å². The molecule has 6 saturated heterocycles. The predicted octanol–water partition coefficient (Wildman–Crippen LogP) is 6.39. The molecule has 6 aliphatic heterocycles. The normalized spacial score (nSPS) is 49.8. The Morgan fingerprint density at radius 3 is 2.12 bits per heavy atom. The van der Waals surface area contributed by atoms with Crippen LogP contribution in [0, 0.1) is 47.3 Å². The summed E-state index contributed by atoms with van der Waals surface area (Å²) in [6.45, 7) is 20.9. The van der Waals surface area contributed by atoms with Gasteiger partial charge in [-0.1, -0.05) is 48.5 Å². The van der Waals surface area contributed by atoms with E-state index in [-0.39, 0.29) is 60.2 Å². The lowest BCUT2D eigenvalue weighted by molar-refractivity contribution is -0.374. The van der Waals surface area contributed by atoms with E-state index in [1.54, 1.807) is 13.8 Å². The van der Waals surface area contributed by atoms with E-state index >= 15 is 0 Å². The van der Waals surface area contributed by atoms with Crippen LogP contribution < -0.4 is 0 Å². The quantitative estimate of drug-likeness (QED) is 0.0980. The zero-order chi connectivity index (χ0) is 48.5. The molecule has 0 bridgehead atoms. The Hall–Kier alpha value is -1.50. The van der Waals surface area contributed by atoms with E-state index in [1.807, 2.05) is 62.3 Å². The van der Waals surface area contributed by atoms with Gasteiger partial charge in [0.15, 0.2) is 17.7 Å². The number of esters is 1. The first kappa shape index (κ1) is 52.3. The number of hydrogen-bond donors (Lipinski definition) is 6. The van der Waals surface area contributed by atoms with Gasteiger partial charge in [-0.25, -0.2) is 0 Å². The second-order valence-corrected chi connectivity index (χ2v) is 23.5. The Morgan fingerprint density at radius 1 is 0.773 bits per heavy atom. The van der Waals surface area contributed by atoms with Crippen LogP contribution in [0.5, 0.6) is 0 Å². The number of aliphatic carboxylic acids is 1. The molecule has 380 valence electrons. The molecular formula is C51H86O15. The number of carbonyl (C=O) groups is 2. The van der Waals surface area contributed by atoms with Crippen LogP contribution in [0.15, 0.2) is 0 Å². The summed E-state index contributed by atoms with van der Waals surface area (Å²) >= 11 is 0. The van der Waals surface area contributed by atoms with Gasteiger partial charge in [0.05, 0.1) is 65.8 Å². The van der Waals surface area contributed by atoms with Gasteiger partial charge in [0.1, 0.15) is 11.7 Å². The largest absolute Gasteiger partial charge is 0.481 e. The van der Waals surface area contributed by atoms with Crippen LogP contribution in [0.1, 0.15) is 172 Å². The molecule has 0 radical (unpaired) electrons. The number of carboxylic acids is 1. The molecule has 22 atom stereocenters. The monoisotopic (exact) mass is 939 g/mol. The van der Waals surface area contributed by atoms with E-state index in [9.17, 15) is 40.2 Å². The number of carboxylic acid groups (broad SMARTS) is 1. The van der Waals surface area contributed by atoms with Gasteiger partial charge in [-0.2, -0.15) is 0 Å². The van der Waals surface area contributed by atoms with Gasteiger partial charge in [0.2, 0.25) is 5.79 Å². The van der Waals surface area contributed by atoms with Crippen LogP contribution in [0.25, 0.3) is 0 Å². The summed E-state index contributed by atoms with van der Waals surface area (Å²) in [6, 6.07) is 0. The minimum absolute atomic E-state index is 0.0236. The molecule has 0 unspecified atom stereocenters. The van der Waals surface area contributed by atoms with Gasteiger partial charge in [-0.05, 0) is 129 Å². The maximum absolute atomic E-state index is 13.6. The van der Waals surface area contributed by atoms with Crippen LogP contribution in [0.4, 0.5) is 0 Å². The third kappa shape index (κ3) is 10.0. The highest BCUT2D eigenvalue weighted by atomic mass is 16.7. The summed E-state index contributed by atoms with van der Waals surface area (Å²) in [5.74, 6) is -9.32. The molecule has 0 aromatic carbocycles. The summed E-state index contributed by atoms with van der Waals surface area (Å²) < 4.78 is 46.1. The molecule has 15 heteroatoms. The van der Waals surface area contributed by atoms with Crippen molar-refractivity contribution in [3.8, 4) is 0 Å². The number of aliphatic hydroxyl groups excluding tert-OH is 1. The summed E-state index contributed by atoms with van der Waals surface area (Å²) in [6.07, 6.45) is 2.28. The van der Waals surface area contributed by atoms with E-state index in [4.69, 9.17) is 33.2 Å². The number of carbonyl (C=O) groups excluding carboxylic acids is 1. The lowest BCUT2D eigenvalue weighted by Gasteiger charge is -2.52. The van der Waals surface area contributed by atoms with Gasteiger partial charge >= 0.3 is 11.9 Å². The summed E-state index contributed by atoms with van der Waals surface area (Å²) in [5, 5.41) is 70.2. The Kier molecular flexibility index (Phi) is 15.3. The van der Waals surface area contributed by atoms with Crippen molar-refractivity contribution in [1.29, 1.82) is 0 Å². The summed E-state index contributed by atoms with van der Waals surface area (Å²) in [4.78, 5) is 25.4. The van der Waals surface area contributed by atoms with Gasteiger partial charge < -0.3 is 63.8 Å². The van der Waals surface area contributed by atoms with Crippen molar-refractivity contribution in [2.24, 2.45) is 47.3 Å². The molecule has 1 saturated carbocycles. The van der Waals surface area contributed by atoms with E-state index in [0.717, 1.165) is 12.8 Å². The third-order valence-corrected chi connectivity index (χ3v) is 18.1. The lowest BCUT2D eigenvalue weighted by atomic mass is 9.76. The molecule has 0 spiro atoms. The molecule has 0 amide bonds. The Morgan fingerprint density at radius 2 is 1.47 bits per heavy atom. The minimum Gasteiger partial charge on any atom is -0.481 e. The highest BCUT2D eigenvalue weighted by Gasteiger charge is 2.68. The first-order valence-electron chi connectivity index (χ1n) is 25.7. The summed E-state index contributed by atoms with van der Waals surface area (Å²) in [7, 11) is 0. The standard InChI is InChI=1S/C51H86O15/c1-12-40-46(9,56)21-20-41(61-40)47(10)25-31(6)51(59,66-47)48(11)22-19-38(63-48)43(62-45(55)34-15-16-34)50(58)30(5)23-28(3)39(65-50)26-49(57)29(4)14-18-37(64-49)32(7)36(52)24-35-17-13-27(2)42(60-35)33(8)44(53)54/h27-43,52,56-59H,12-26H2,1-11H3,(H,53,54)/t27-,28-,29-,30+,31+,32-,33+,35+,36+,37+,38-,39+,40-,41+,42-,43+,46+,47-,48-,49+,50+,51+/m0/s1. The molecule has 7 aliphatic rings. The summed E-state index contributed by atoms with van der Waals surface area (Å²) in [5.41, 5.74) is -3.09. The molecule has 1 aliphatic carbocycles. The van der Waals surface area contributed by atoms with Crippen molar-refractivity contribution < 1.29 is 73.4 Å². The van der Waals surface area contributed by atoms with E-state index < -0.39 is 94.6 Å². The van der Waals surface area contributed by atoms with Gasteiger partial charge in [-0.3, -0.25) is 9.59 Å². The van der Waals surface area contributed by atoms with Crippen LogP contribution in [-0.4, -0.2) is 132 Å². The molecule has 15 nitrogen and oxygen atoms in total. The Balaban J connectivity index is 1.05. The maximum Gasteiger partial charge on any atom is 0.309 e. The van der Waals surface area contributed by atoms with E-state index in [2.05, 4.69) is 0 Å². The highest BCUT2D eigenvalue weighted by Crippen LogP contribution is 2.56. The average molecular weight is 939 g/mol. The molecule has 6 N–H and O–H groups in total. The zero-order valence-electron chi connectivity index (χ0n) is 41.8. The average Bonchev–Trinajstić information content (AvgIpc) is 3.97. The number of aliphatic hydroxyl groups is 5. The maximum atomic E-state index is 13.6. The van der Waals surface area contributed by atoms with Crippen molar-refractivity contribution in [2.75, 3.05) is 0 Å². The number of hydrogen-bond acceptors (Lipinski definition) is 14. The fraction of sp³-hybridized carbons (Fsp3) is 0.961. The molecule has 0 aromatic heterocycles. The van der Waals surface area contributed by atoms with E-state index in [1.165, 1.54) is 0 Å². The number of ether oxygens (including phenoxy) is 7. The van der Waals surface area contributed by atoms with Crippen molar-refractivity contribution in [3.63, 3.8) is 0 Å². The molecule has 7 fully saturated rings. The smallest absolute Gasteiger partial charge is 0.309 e. The Labute approximate surface area is 393 Å². The van der Waals surface area contributed by atoms with Crippen LogP contribution in [-0.2, 0) is 42.7 Å². The van der Waals surface area contributed by atoms with Crippen molar-refractivity contribution in [2.45, 2.75) is 262 Å². The fourth-order valence-corrected chi connectivity index (χ4v) is 13.0. The van der Waals surface area contributed by atoms with Crippen molar-refractivity contribution >= 4 is 11.9 Å². The molecule has 0 aromatic rings. The fourth-order valence-electron chi connectivity index (χ4n) is 13.0. The van der Waals surface area contributed by atoms with Crippen LogP contribution in [0.3, 0.4) is 0 Å². The predicted molar refractivity (Wildman–Crippen MR) is 241 cm³/mol. The molecule has 7 rings (SSSR count). The molecular weight excluding hydrogens is 853 g/mol. The minimum atomic E-state index is -2.02. The van der Waals surface area contributed by atoms with E-state index in [0.29, 0.717) is 77.0 Å². The van der Waals surface area contributed by atoms with Gasteiger partial charge in [0.25, 0.3) is 0 Å². The zero-order valence-corrected chi connectivity index (χ0v) is 41.8. The van der Waals surface area contributed by atoms with Gasteiger partial charge in [-0.15, -0.1) is 0 Å². The Bertz CT molecular complexity index is 1710. The topological polar surface area (TPSA) is 220 Å². The van der Waals surface area contributed by atoms with Crippen LogP contribution >= 0.6 is 0 Å². The first-order chi connectivity index (χ1) is 30.7. The second-order valence-electron chi connectivity index (χ2n) is 23.5. The van der Waals surface area contributed by atoms with Crippen molar-refractivity contribution in [3.05, 3.63) is 0 Å². The number of rotatable bonds is 15. The highest BCUT2D eigenvalue weighted by molar-refractivity contribution is 5.75.